The van der Waals surface area contributed by atoms with Crippen LogP contribution in [-0.2, 0) is 4.79 Å². The second-order valence-corrected chi connectivity index (χ2v) is 7.73. The van der Waals surface area contributed by atoms with Crippen LogP contribution in [0.2, 0.25) is 0 Å². The summed E-state index contributed by atoms with van der Waals surface area (Å²) < 4.78 is 2.65. The zero-order valence-corrected chi connectivity index (χ0v) is 16.5. The summed E-state index contributed by atoms with van der Waals surface area (Å²) >= 11 is 1.54. The Balaban J connectivity index is 1.61. The average Bonchev–Trinajstić information content (AvgIpc) is 3.19. The van der Waals surface area contributed by atoms with Gasteiger partial charge in [-0.1, -0.05) is 18.2 Å². The topological polar surface area (TPSA) is 76.9 Å². The molecular formula is C21H18N4O2S. The van der Waals surface area contributed by atoms with E-state index in [1.165, 1.54) is 0 Å². The van der Waals surface area contributed by atoms with E-state index < -0.39 is 11.7 Å². The van der Waals surface area contributed by atoms with Crippen LogP contribution >= 0.6 is 11.3 Å². The SMILES string of the molecule is Cc1nc2ccc(NC(=O)C(=O)c3c(C)nn(-c4ccccc4)c3C)cc2s1. The molecule has 4 aromatic rings. The molecule has 28 heavy (non-hydrogen) atoms. The lowest BCUT2D eigenvalue weighted by Gasteiger charge is -2.06. The quantitative estimate of drug-likeness (QED) is 0.418. The number of ketones is 1. The van der Waals surface area contributed by atoms with Gasteiger partial charge in [-0.3, -0.25) is 9.59 Å². The molecule has 0 atom stereocenters. The number of anilines is 1. The summed E-state index contributed by atoms with van der Waals surface area (Å²) in [5, 5.41) is 8.10. The lowest BCUT2D eigenvalue weighted by atomic mass is 10.1. The van der Waals surface area contributed by atoms with Crippen molar-refractivity contribution in [3.63, 3.8) is 0 Å². The predicted octanol–water partition coefficient (Wildman–Crippen LogP) is 4.23. The van der Waals surface area contributed by atoms with Crippen LogP contribution < -0.4 is 5.32 Å². The summed E-state index contributed by atoms with van der Waals surface area (Å²) in [6.45, 7) is 5.46. The van der Waals surface area contributed by atoms with Gasteiger partial charge in [-0.15, -0.1) is 11.3 Å². The first kappa shape index (κ1) is 18.1. The number of Topliss-reactive ketones (excluding diaryl/α,β-unsaturated/α-hetero) is 1. The zero-order chi connectivity index (χ0) is 19.8. The second-order valence-electron chi connectivity index (χ2n) is 6.49. The van der Waals surface area contributed by atoms with E-state index in [9.17, 15) is 9.59 Å². The van der Waals surface area contributed by atoms with Crippen molar-refractivity contribution >= 4 is 38.9 Å². The van der Waals surface area contributed by atoms with Gasteiger partial charge in [0.15, 0.2) is 0 Å². The molecular weight excluding hydrogens is 372 g/mol. The molecule has 1 amide bonds. The molecule has 0 aliphatic heterocycles. The van der Waals surface area contributed by atoms with E-state index in [1.807, 2.05) is 49.4 Å². The van der Waals surface area contributed by atoms with Crippen molar-refractivity contribution in [2.75, 3.05) is 5.32 Å². The van der Waals surface area contributed by atoms with Crippen molar-refractivity contribution in [1.82, 2.24) is 14.8 Å². The fourth-order valence-electron chi connectivity index (χ4n) is 3.21. The number of aromatic nitrogens is 3. The molecule has 0 fully saturated rings. The Hall–Kier alpha value is -3.32. The first-order chi connectivity index (χ1) is 13.4. The molecule has 4 rings (SSSR count). The minimum atomic E-state index is -0.681. The third-order valence-corrected chi connectivity index (χ3v) is 5.41. The Morgan fingerprint density at radius 3 is 2.54 bits per heavy atom. The summed E-state index contributed by atoms with van der Waals surface area (Å²) in [4.78, 5) is 29.8. The Kier molecular flexibility index (Phi) is 4.52. The van der Waals surface area contributed by atoms with E-state index in [1.54, 1.807) is 35.9 Å². The number of rotatable bonds is 4. The van der Waals surface area contributed by atoms with Crippen molar-refractivity contribution in [1.29, 1.82) is 0 Å². The summed E-state index contributed by atoms with van der Waals surface area (Å²) in [5.74, 6) is -1.28. The van der Waals surface area contributed by atoms with Crippen molar-refractivity contribution in [2.24, 2.45) is 0 Å². The number of thiazole rings is 1. The van der Waals surface area contributed by atoms with Gasteiger partial charge in [0.25, 0.3) is 11.7 Å². The van der Waals surface area contributed by atoms with E-state index >= 15 is 0 Å². The van der Waals surface area contributed by atoms with Crippen LogP contribution in [0, 0.1) is 20.8 Å². The summed E-state index contributed by atoms with van der Waals surface area (Å²) in [7, 11) is 0. The number of fused-ring (bicyclic) bond motifs is 1. The molecule has 0 bridgehead atoms. The Bertz CT molecular complexity index is 1210. The van der Waals surface area contributed by atoms with Crippen molar-refractivity contribution in [3.05, 3.63) is 70.5 Å². The van der Waals surface area contributed by atoms with Crippen LogP contribution in [0.5, 0.6) is 0 Å². The highest BCUT2D eigenvalue weighted by atomic mass is 32.1. The lowest BCUT2D eigenvalue weighted by molar-refractivity contribution is -0.112. The molecule has 7 heteroatoms. The molecule has 0 spiro atoms. The number of nitrogens with zero attached hydrogens (tertiary/aromatic N) is 3. The number of benzene rings is 2. The third kappa shape index (κ3) is 3.20. The van der Waals surface area contributed by atoms with E-state index in [2.05, 4.69) is 15.4 Å². The standard InChI is InChI=1S/C21H18N4O2S/c1-12-19(13(2)25(24-12)16-7-5-4-6-8-16)20(26)21(27)23-15-9-10-17-18(11-15)28-14(3)22-17/h4-11H,1-3H3,(H,23,27). The van der Waals surface area contributed by atoms with Crippen molar-refractivity contribution in [3.8, 4) is 5.69 Å². The Labute approximate surface area is 165 Å². The van der Waals surface area contributed by atoms with Gasteiger partial charge >= 0.3 is 0 Å². The number of hydrogen-bond acceptors (Lipinski definition) is 5. The first-order valence-corrected chi connectivity index (χ1v) is 9.60. The number of hydrogen-bond donors (Lipinski definition) is 1. The van der Waals surface area contributed by atoms with Crippen molar-refractivity contribution < 1.29 is 9.59 Å². The molecule has 6 nitrogen and oxygen atoms in total. The van der Waals surface area contributed by atoms with Crippen LogP contribution in [0.1, 0.15) is 26.8 Å². The van der Waals surface area contributed by atoms with Crippen LogP contribution in [0.4, 0.5) is 5.69 Å². The van der Waals surface area contributed by atoms with E-state index in [4.69, 9.17) is 0 Å². The molecule has 2 aromatic carbocycles. The van der Waals surface area contributed by atoms with Crippen LogP contribution in [0.3, 0.4) is 0 Å². The Morgan fingerprint density at radius 2 is 1.79 bits per heavy atom. The number of carbonyl (C=O) groups excluding carboxylic acids is 2. The summed E-state index contributed by atoms with van der Waals surface area (Å²) in [6, 6.07) is 14.9. The first-order valence-electron chi connectivity index (χ1n) is 8.78. The highest BCUT2D eigenvalue weighted by Gasteiger charge is 2.25. The molecule has 2 heterocycles. The molecule has 0 radical (unpaired) electrons. The van der Waals surface area contributed by atoms with Gasteiger partial charge in [-0.2, -0.15) is 5.10 Å². The van der Waals surface area contributed by atoms with Gasteiger partial charge in [-0.25, -0.2) is 9.67 Å². The highest BCUT2D eigenvalue weighted by molar-refractivity contribution is 7.18. The maximum absolute atomic E-state index is 12.8. The van der Waals surface area contributed by atoms with Gasteiger partial charge < -0.3 is 5.32 Å². The minimum absolute atomic E-state index is 0.330. The number of aryl methyl sites for hydroxylation is 2. The van der Waals surface area contributed by atoms with Crippen LogP contribution in [0.25, 0.3) is 15.9 Å². The van der Waals surface area contributed by atoms with E-state index in [-0.39, 0.29) is 0 Å². The fourth-order valence-corrected chi connectivity index (χ4v) is 4.08. The largest absolute Gasteiger partial charge is 0.319 e. The van der Waals surface area contributed by atoms with Gasteiger partial charge in [-0.05, 0) is 51.1 Å². The number of nitrogens with one attached hydrogen (secondary N) is 1. The van der Waals surface area contributed by atoms with Crippen molar-refractivity contribution in [2.45, 2.75) is 20.8 Å². The number of amides is 1. The molecule has 0 saturated heterocycles. The molecule has 0 unspecified atom stereocenters. The molecule has 0 aliphatic carbocycles. The van der Waals surface area contributed by atoms with Gasteiger partial charge in [0.2, 0.25) is 0 Å². The van der Waals surface area contributed by atoms with E-state index in [0.717, 1.165) is 20.9 Å². The van der Waals surface area contributed by atoms with E-state index in [0.29, 0.717) is 22.6 Å². The summed E-state index contributed by atoms with van der Waals surface area (Å²) in [6.07, 6.45) is 0. The minimum Gasteiger partial charge on any atom is -0.319 e. The van der Waals surface area contributed by atoms with Gasteiger partial charge in [0.1, 0.15) is 0 Å². The molecule has 0 aliphatic rings. The predicted molar refractivity (Wildman–Crippen MR) is 110 cm³/mol. The maximum Gasteiger partial charge on any atom is 0.296 e. The Morgan fingerprint density at radius 1 is 1.04 bits per heavy atom. The second kappa shape index (κ2) is 7.01. The zero-order valence-electron chi connectivity index (χ0n) is 15.7. The maximum atomic E-state index is 12.8. The smallest absolute Gasteiger partial charge is 0.296 e. The normalized spacial score (nSPS) is 11.0. The molecule has 2 aromatic heterocycles. The van der Waals surface area contributed by atoms with Gasteiger partial charge in [0, 0.05) is 5.69 Å². The monoisotopic (exact) mass is 390 g/mol. The molecule has 1 N–H and O–H groups in total. The lowest BCUT2D eigenvalue weighted by Crippen LogP contribution is -2.24. The highest BCUT2D eigenvalue weighted by Crippen LogP contribution is 2.25. The number of carbonyl (C=O) groups is 2. The molecule has 140 valence electrons. The van der Waals surface area contributed by atoms with Crippen LogP contribution in [0.15, 0.2) is 48.5 Å². The van der Waals surface area contributed by atoms with Gasteiger partial charge in [0.05, 0.1) is 37.9 Å². The fraction of sp³-hybridized carbons (Fsp3) is 0.143. The number of para-hydroxylation sites is 1. The van der Waals surface area contributed by atoms with Crippen LogP contribution in [-0.4, -0.2) is 26.5 Å². The average molecular weight is 390 g/mol. The molecule has 0 saturated carbocycles. The summed E-state index contributed by atoms with van der Waals surface area (Å²) in [5.41, 5.74) is 3.78. The third-order valence-electron chi connectivity index (χ3n) is 4.48.